The number of aromatic nitrogens is 2. The lowest BCUT2D eigenvalue weighted by atomic mass is 10.1. The van der Waals surface area contributed by atoms with E-state index in [0.29, 0.717) is 0 Å². The zero-order valence-corrected chi connectivity index (χ0v) is 13.9. The summed E-state index contributed by atoms with van der Waals surface area (Å²) in [6.45, 7) is 0. The Morgan fingerprint density at radius 1 is 1.00 bits per heavy atom. The predicted molar refractivity (Wildman–Crippen MR) is 91.5 cm³/mol. The van der Waals surface area contributed by atoms with E-state index in [-0.39, 0.29) is 28.8 Å². The molecule has 1 saturated carbocycles. The minimum absolute atomic E-state index is 0.0571. The Hall–Kier alpha value is -2.57. The van der Waals surface area contributed by atoms with Crippen LogP contribution in [0.1, 0.15) is 31.4 Å². The Labute approximate surface area is 147 Å². The van der Waals surface area contributed by atoms with Crippen molar-refractivity contribution in [1.82, 2.24) is 9.38 Å². The third kappa shape index (κ3) is 2.91. The van der Waals surface area contributed by atoms with Gasteiger partial charge in [-0.25, -0.2) is 9.37 Å². The summed E-state index contributed by atoms with van der Waals surface area (Å²) >= 11 is 0. The molecule has 136 valence electrons. The van der Waals surface area contributed by atoms with Gasteiger partial charge in [0, 0.05) is 11.6 Å². The minimum atomic E-state index is -4.54. The quantitative estimate of drug-likeness (QED) is 0.622. The molecule has 4 rings (SSSR count). The van der Waals surface area contributed by atoms with Crippen LogP contribution < -0.4 is 5.32 Å². The van der Waals surface area contributed by atoms with Gasteiger partial charge in [-0.3, -0.25) is 4.40 Å². The third-order valence-corrected chi connectivity index (χ3v) is 4.76. The van der Waals surface area contributed by atoms with Crippen molar-refractivity contribution in [2.45, 2.75) is 37.9 Å². The fourth-order valence-corrected chi connectivity index (χ4v) is 3.55. The van der Waals surface area contributed by atoms with Crippen LogP contribution in [0.25, 0.3) is 16.9 Å². The number of hydrogen-bond donors (Lipinski definition) is 1. The number of nitrogens with zero attached hydrogens (tertiary/aromatic N) is 2. The van der Waals surface area contributed by atoms with E-state index in [2.05, 4.69) is 10.3 Å². The second kappa shape index (κ2) is 6.30. The van der Waals surface area contributed by atoms with Crippen molar-refractivity contribution in [3.63, 3.8) is 0 Å². The molecule has 0 atom stereocenters. The number of hydrogen-bond acceptors (Lipinski definition) is 2. The monoisotopic (exact) mass is 363 g/mol. The smallest absolute Gasteiger partial charge is 0.367 e. The van der Waals surface area contributed by atoms with Crippen molar-refractivity contribution >= 4 is 11.5 Å². The molecule has 0 unspecified atom stereocenters. The number of anilines is 1. The number of nitrogens with one attached hydrogen (secondary N) is 1. The third-order valence-electron chi connectivity index (χ3n) is 4.76. The standard InChI is InChI=1S/C19H17F4N3/c20-14-9-4-3-8-13(14)17-18(24-12-6-1-2-7-12)26-15(19(21,22)23)10-5-11-16(26)25-17/h3-5,8-12,24H,1-2,6-7H2. The fourth-order valence-electron chi connectivity index (χ4n) is 3.55. The first kappa shape index (κ1) is 16.9. The molecular formula is C19H17F4N3. The molecule has 1 aliphatic rings. The van der Waals surface area contributed by atoms with E-state index in [1.807, 2.05) is 0 Å². The average molecular weight is 363 g/mol. The maximum absolute atomic E-state index is 14.3. The van der Waals surface area contributed by atoms with E-state index in [9.17, 15) is 17.6 Å². The molecular weight excluding hydrogens is 346 g/mol. The van der Waals surface area contributed by atoms with Gasteiger partial charge >= 0.3 is 6.18 Å². The van der Waals surface area contributed by atoms with Crippen LogP contribution in [0.5, 0.6) is 0 Å². The number of imidazole rings is 1. The summed E-state index contributed by atoms with van der Waals surface area (Å²) in [6.07, 6.45) is -0.750. The number of halogens is 4. The molecule has 0 bridgehead atoms. The van der Waals surface area contributed by atoms with Gasteiger partial charge in [0.25, 0.3) is 0 Å². The lowest BCUT2D eigenvalue weighted by Crippen LogP contribution is -2.19. The second-order valence-electron chi connectivity index (χ2n) is 6.52. The van der Waals surface area contributed by atoms with Gasteiger partial charge in [-0.15, -0.1) is 0 Å². The highest BCUT2D eigenvalue weighted by Crippen LogP contribution is 2.37. The molecule has 1 aromatic carbocycles. The Bertz CT molecular complexity index is 940. The Morgan fingerprint density at radius 2 is 1.73 bits per heavy atom. The molecule has 7 heteroatoms. The summed E-state index contributed by atoms with van der Waals surface area (Å²) in [4.78, 5) is 4.32. The highest BCUT2D eigenvalue weighted by Gasteiger charge is 2.35. The number of rotatable bonds is 3. The second-order valence-corrected chi connectivity index (χ2v) is 6.52. The van der Waals surface area contributed by atoms with Gasteiger partial charge in [-0.2, -0.15) is 13.2 Å². The van der Waals surface area contributed by atoms with E-state index in [0.717, 1.165) is 36.2 Å². The zero-order chi connectivity index (χ0) is 18.3. The maximum Gasteiger partial charge on any atom is 0.431 e. The van der Waals surface area contributed by atoms with Crippen LogP contribution in [0.4, 0.5) is 23.4 Å². The first-order valence-electron chi connectivity index (χ1n) is 8.55. The van der Waals surface area contributed by atoms with Gasteiger partial charge in [0.1, 0.15) is 28.7 Å². The topological polar surface area (TPSA) is 29.3 Å². The maximum atomic E-state index is 14.3. The van der Waals surface area contributed by atoms with Gasteiger partial charge in [0.2, 0.25) is 0 Å². The Balaban J connectivity index is 1.97. The SMILES string of the molecule is Fc1ccccc1-c1nc2cccc(C(F)(F)F)n2c1NC1CCCC1. The number of pyridine rings is 1. The Kier molecular flexibility index (Phi) is 4.09. The van der Waals surface area contributed by atoms with Crippen molar-refractivity contribution in [2.75, 3.05) is 5.32 Å². The molecule has 3 aromatic rings. The van der Waals surface area contributed by atoms with Crippen LogP contribution >= 0.6 is 0 Å². The largest absolute Gasteiger partial charge is 0.431 e. The molecule has 2 aromatic heterocycles. The molecule has 0 amide bonds. The summed E-state index contributed by atoms with van der Waals surface area (Å²) in [5.41, 5.74) is -0.305. The van der Waals surface area contributed by atoms with Crippen molar-refractivity contribution in [2.24, 2.45) is 0 Å². The zero-order valence-electron chi connectivity index (χ0n) is 13.9. The summed E-state index contributed by atoms with van der Waals surface area (Å²) in [7, 11) is 0. The molecule has 0 saturated heterocycles. The van der Waals surface area contributed by atoms with Crippen molar-refractivity contribution in [3.05, 3.63) is 54.0 Å². The van der Waals surface area contributed by atoms with Gasteiger partial charge in [0.15, 0.2) is 0 Å². The van der Waals surface area contributed by atoms with Crippen LogP contribution in [-0.2, 0) is 6.18 Å². The molecule has 1 N–H and O–H groups in total. The first-order chi connectivity index (χ1) is 12.4. The molecule has 0 radical (unpaired) electrons. The highest BCUT2D eigenvalue weighted by atomic mass is 19.4. The number of fused-ring (bicyclic) bond motifs is 1. The van der Waals surface area contributed by atoms with Crippen LogP contribution in [-0.4, -0.2) is 15.4 Å². The average Bonchev–Trinajstić information content (AvgIpc) is 3.23. The minimum Gasteiger partial charge on any atom is -0.367 e. The van der Waals surface area contributed by atoms with E-state index in [1.54, 1.807) is 12.1 Å². The van der Waals surface area contributed by atoms with Gasteiger partial charge in [0.05, 0.1) is 0 Å². The molecule has 1 aliphatic carbocycles. The predicted octanol–water partition coefficient (Wildman–Crippen LogP) is 5.51. The highest BCUT2D eigenvalue weighted by molar-refractivity contribution is 5.77. The molecule has 26 heavy (non-hydrogen) atoms. The van der Waals surface area contributed by atoms with E-state index < -0.39 is 17.7 Å². The van der Waals surface area contributed by atoms with Crippen molar-refractivity contribution in [3.8, 4) is 11.3 Å². The number of benzene rings is 1. The van der Waals surface area contributed by atoms with Crippen molar-refractivity contribution in [1.29, 1.82) is 0 Å². The van der Waals surface area contributed by atoms with Crippen LogP contribution in [0.15, 0.2) is 42.5 Å². The molecule has 1 fully saturated rings. The normalized spacial score (nSPS) is 15.7. The van der Waals surface area contributed by atoms with Crippen molar-refractivity contribution < 1.29 is 17.6 Å². The fraction of sp³-hybridized carbons (Fsp3) is 0.316. The van der Waals surface area contributed by atoms with E-state index in [1.165, 1.54) is 24.3 Å². The molecule has 0 aliphatic heterocycles. The van der Waals surface area contributed by atoms with Crippen LogP contribution in [0.3, 0.4) is 0 Å². The van der Waals surface area contributed by atoms with Crippen LogP contribution in [0, 0.1) is 5.82 Å². The summed E-state index contributed by atoms with van der Waals surface area (Å²) in [5, 5.41) is 3.20. The van der Waals surface area contributed by atoms with E-state index in [4.69, 9.17) is 0 Å². The van der Waals surface area contributed by atoms with Gasteiger partial charge < -0.3 is 5.32 Å². The summed E-state index contributed by atoms with van der Waals surface area (Å²) in [5.74, 6) is -0.316. The molecule has 3 nitrogen and oxygen atoms in total. The first-order valence-corrected chi connectivity index (χ1v) is 8.55. The molecule has 0 spiro atoms. The lowest BCUT2D eigenvalue weighted by molar-refractivity contribution is -0.141. The molecule has 2 heterocycles. The summed E-state index contributed by atoms with van der Waals surface area (Å²) < 4.78 is 56.0. The number of alkyl halides is 3. The lowest BCUT2D eigenvalue weighted by Gasteiger charge is -2.17. The van der Waals surface area contributed by atoms with Gasteiger partial charge in [-0.1, -0.05) is 31.0 Å². The summed E-state index contributed by atoms with van der Waals surface area (Å²) in [6, 6.07) is 9.89. The Morgan fingerprint density at radius 3 is 2.42 bits per heavy atom. The van der Waals surface area contributed by atoms with Gasteiger partial charge in [-0.05, 0) is 37.1 Å². The van der Waals surface area contributed by atoms with Crippen LogP contribution in [0.2, 0.25) is 0 Å². The van der Waals surface area contributed by atoms with E-state index >= 15 is 0 Å².